The number of nitrogens with zero attached hydrogens (tertiary/aromatic N) is 4. The molecule has 0 amide bonds. The average Bonchev–Trinajstić information content (AvgIpc) is 3.45. The highest BCUT2D eigenvalue weighted by atomic mass is 35.5. The van der Waals surface area contributed by atoms with Gasteiger partial charge in [-0.1, -0.05) is 36.2 Å². The molecule has 134 valence electrons. The summed E-state index contributed by atoms with van der Waals surface area (Å²) in [4.78, 5) is 24.1. The first-order valence-corrected chi connectivity index (χ1v) is 10.3. The third-order valence-corrected chi connectivity index (χ3v) is 5.80. The van der Waals surface area contributed by atoms with Gasteiger partial charge in [0.25, 0.3) is 5.56 Å². The molecule has 25 heavy (non-hydrogen) atoms. The second-order valence-corrected chi connectivity index (χ2v) is 7.80. The number of rotatable bonds is 3. The molecule has 0 unspecified atom stereocenters. The van der Waals surface area contributed by atoms with E-state index in [0.29, 0.717) is 11.0 Å². The maximum atomic E-state index is 15.0. The first-order chi connectivity index (χ1) is 12.1. The SMILES string of the molecule is CSc1nc(N2CCCCCC2)c2c(=O)n(C3CC3)c(Cl)c(F)c2n1. The van der Waals surface area contributed by atoms with E-state index in [2.05, 4.69) is 14.9 Å². The van der Waals surface area contributed by atoms with Crippen molar-refractivity contribution in [2.75, 3.05) is 24.2 Å². The Labute approximate surface area is 154 Å². The molecule has 0 atom stereocenters. The fourth-order valence-electron chi connectivity index (χ4n) is 3.46. The van der Waals surface area contributed by atoms with Gasteiger partial charge in [0.2, 0.25) is 0 Å². The van der Waals surface area contributed by atoms with Crippen molar-refractivity contribution < 1.29 is 4.39 Å². The summed E-state index contributed by atoms with van der Waals surface area (Å²) < 4.78 is 16.4. The largest absolute Gasteiger partial charge is 0.356 e. The molecule has 5 nitrogen and oxygen atoms in total. The summed E-state index contributed by atoms with van der Waals surface area (Å²) in [6, 6.07) is -0.00360. The summed E-state index contributed by atoms with van der Waals surface area (Å²) in [5, 5.41) is 0.603. The Bertz CT molecular complexity index is 875. The Kier molecular flexibility index (Phi) is 4.62. The second kappa shape index (κ2) is 6.76. The fraction of sp³-hybridized carbons (Fsp3) is 0.588. The molecule has 3 heterocycles. The van der Waals surface area contributed by atoms with Crippen LogP contribution in [0.25, 0.3) is 10.9 Å². The molecule has 2 fully saturated rings. The van der Waals surface area contributed by atoms with E-state index in [1.807, 2.05) is 6.26 Å². The van der Waals surface area contributed by atoms with E-state index in [1.165, 1.54) is 29.2 Å². The number of halogens is 2. The maximum Gasteiger partial charge on any atom is 0.265 e. The van der Waals surface area contributed by atoms with Crippen molar-refractivity contribution >= 4 is 40.1 Å². The van der Waals surface area contributed by atoms with Gasteiger partial charge in [0.05, 0.1) is 0 Å². The van der Waals surface area contributed by atoms with Crippen molar-refractivity contribution in [1.29, 1.82) is 0 Å². The third kappa shape index (κ3) is 3.01. The second-order valence-electron chi connectivity index (χ2n) is 6.67. The molecule has 2 aromatic heterocycles. The van der Waals surface area contributed by atoms with Gasteiger partial charge in [-0.05, 0) is 31.9 Å². The summed E-state index contributed by atoms with van der Waals surface area (Å²) in [6.45, 7) is 1.65. The van der Waals surface area contributed by atoms with Crippen LogP contribution < -0.4 is 10.5 Å². The zero-order valence-corrected chi connectivity index (χ0v) is 15.7. The highest BCUT2D eigenvalue weighted by Gasteiger charge is 2.32. The summed E-state index contributed by atoms with van der Waals surface area (Å²) >= 11 is 7.52. The van der Waals surface area contributed by atoms with Crippen LogP contribution in [0.1, 0.15) is 44.6 Å². The van der Waals surface area contributed by atoms with Crippen LogP contribution in [0.2, 0.25) is 5.15 Å². The number of hydrogen-bond acceptors (Lipinski definition) is 5. The molecular weight excluding hydrogens is 363 g/mol. The number of fused-ring (bicyclic) bond motifs is 1. The quantitative estimate of drug-likeness (QED) is 0.456. The van der Waals surface area contributed by atoms with Gasteiger partial charge in [0, 0.05) is 19.1 Å². The molecule has 0 N–H and O–H groups in total. The van der Waals surface area contributed by atoms with Crippen LogP contribution >= 0.6 is 23.4 Å². The van der Waals surface area contributed by atoms with Crippen molar-refractivity contribution in [2.24, 2.45) is 0 Å². The van der Waals surface area contributed by atoms with E-state index in [-0.39, 0.29) is 27.7 Å². The molecule has 0 bridgehead atoms. The van der Waals surface area contributed by atoms with Gasteiger partial charge in [-0.15, -0.1) is 0 Å². The van der Waals surface area contributed by atoms with Crippen molar-refractivity contribution in [3.8, 4) is 0 Å². The predicted molar refractivity (Wildman–Crippen MR) is 99.5 cm³/mol. The van der Waals surface area contributed by atoms with E-state index in [1.54, 1.807) is 0 Å². The first-order valence-electron chi connectivity index (χ1n) is 8.72. The van der Waals surface area contributed by atoms with Crippen LogP contribution in [0.15, 0.2) is 9.95 Å². The van der Waals surface area contributed by atoms with Gasteiger partial charge in [-0.2, -0.15) is 0 Å². The lowest BCUT2D eigenvalue weighted by Crippen LogP contribution is -2.29. The molecule has 1 aliphatic heterocycles. The van der Waals surface area contributed by atoms with Crippen molar-refractivity contribution in [1.82, 2.24) is 14.5 Å². The van der Waals surface area contributed by atoms with Gasteiger partial charge in [0.15, 0.2) is 16.1 Å². The molecule has 0 radical (unpaired) electrons. The molecule has 1 saturated carbocycles. The van der Waals surface area contributed by atoms with E-state index >= 15 is 0 Å². The van der Waals surface area contributed by atoms with Crippen LogP contribution in [0.5, 0.6) is 0 Å². The maximum absolute atomic E-state index is 15.0. The highest BCUT2D eigenvalue weighted by Crippen LogP contribution is 2.38. The Hall–Kier alpha value is -1.34. The van der Waals surface area contributed by atoms with E-state index < -0.39 is 5.82 Å². The summed E-state index contributed by atoms with van der Waals surface area (Å²) in [5.74, 6) is -0.0526. The number of hydrogen-bond donors (Lipinski definition) is 0. The fourth-order valence-corrected chi connectivity index (χ4v) is 4.12. The Morgan fingerprint density at radius 2 is 1.84 bits per heavy atom. The number of pyridine rings is 1. The summed E-state index contributed by atoms with van der Waals surface area (Å²) in [7, 11) is 0. The van der Waals surface area contributed by atoms with Crippen molar-refractivity contribution in [3.63, 3.8) is 0 Å². The van der Waals surface area contributed by atoms with Crippen LogP contribution in [0.3, 0.4) is 0 Å². The smallest absolute Gasteiger partial charge is 0.265 e. The first kappa shape index (κ1) is 17.1. The molecule has 0 spiro atoms. The molecule has 1 aliphatic carbocycles. The van der Waals surface area contributed by atoms with Gasteiger partial charge < -0.3 is 4.90 Å². The van der Waals surface area contributed by atoms with Crippen LogP contribution in [0.4, 0.5) is 10.2 Å². The van der Waals surface area contributed by atoms with Gasteiger partial charge >= 0.3 is 0 Å². The molecule has 2 aromatic rings. The normalized spacial score (nSPS) is 18.6. The predicted octanol–water partition coefficient (Wildman–Crippen LogP) is 4.02. The van der Waals surface area contributed by atoms with Crippen molar-refractivity contribution in [2.45, 2.75) is 49.7 Å². The zero-order chi connectivity index (χ0) is 17.6. The number of aromatic nitrogens is 3. The molecule has 0 aromatic carbocycles. The molecule has 2 aliphatic rings. The third-order valence-electron chi connectivity index (χ3n) is 4.90. The van der Waals surface area contributed by atoms with E-state index in [9.17, 15) is 9.18 Å². The summed E-state index contributed by atoms with van der Waals surface area (Å²) in [5.41, 5.74) is -0.221. The number of anilines is 1. The van der Waals surface area contributed by atoms with Crippen LogP contribution in [-0.4, -0.2) is 33.9 Å². The molecular formula is C17H20ClFN4OS. The highest BCUT2D eigenvalue weighted by molar-refractivity contribution is 7.98. The summed E-state index contributed by atoms with van der Waals surface area (Å²) in [6.07, 6.45) is 7.99. The lowest BCUT2D eigenvalue weighted by Gasteiger charge is -2.23. The molecule has 1 saturated heterocycles. The van der Waals surface area contributed by atoms with Crippen molar-refractivity contribution in [3.05, 3.63) is 21.3 Å². The van der Waals surface area contributed by atoms with Gasteiger partial charge in [-0.3, -0.25) is 9.36 Å². The lowest BCUT2D eigenvalue weighted by atomic mass is 10.2. The Morgan fingerprint density at radius 3 is 2.44 bits per heavy atom. The minimum atomic E-state index is -0.614. The topological polar surface area (TPSA) is 51.0 Å². The Morgan fingerprint density at radius 1 is 1.16 bits per heavy atom. The minimum absolute atomic E-state index is 0.00360. The average molecular weight is 383 g/mol. The molecule has 8 heteroatoms. The monoisotopic (exact) mass is 382 g/mol. The van der Waals surface area contributed by atoms with Gasteiger partial charge in [0.1, 0.15) is 16.7 Å². The molecule has 4 rings (SSSR count). The van der Waals surface area contributed by atoms with Crippen LogP contribution in [0, 0.1) is 5.82 Å². The van der Waals surface area contributed by atoms with E-state index in [4.69, 9.17) is 11.6 Å². The standard InChI is InChI=1S/C17H20ClFN4OS/c1-25-17-20-13-11(15(21-17)22-8-4-2-3-5-9-22)16(24)23(10-6-7-10)14(18)12(13)19/h10H,2-9H2,1H3. The van der Waals surface area contributed by atoms with E-state index in [0.717, 1.165) is 38.8 Å². The lowest BCUT2D eigenvalue weighted by molar-refractivity contribution is 0.596. The number of thioether (sulfide) groups is 1. The minimum Gasteiger partial charge on any atom is -0.356 e. The Balaban J connectivity index is 2.01. The zero-order valence-electron chi connectivity index (χ0n) is 14.1. The van der Waals surface area contributed by atoms with Gasteiger partial charge in [-0.25, -0.2) is 14.4 Å². The van der Waals surface area contributed by atoms with Crippen LogP contribution in [-0.2, 0) is 0 Å².